The van der Waals surface area contributed by atoms with Crippen LogP contribution in [-0.4, -0.2) is 18.2 Å². The molecular weight excluding hydrogens is 228 g/mol. The molecule has 3 nitrogen and oxygen atoms in total. The van der Waals surface area contributed by atoms with Crippen LogP contribution in [0.3, 0.4) is 0 Å². The van der Waals surface area contributed by atoms with E-state index in [4.69, 9.17) is 9.47 Å². The molecule has 0 aliphatic carbocycles. The minimum absolute atomic E-state index is 0.349. The van der Waals surface area contributed by atoms with Crippen LogP contribution in [0.2, 0.25) is 0 Å². The molecule has 0 N–H and O–H groups in total. The highest BCUT2D eigenvalue weighted by Gasteiger charge is 2.31. The molecule has 18 heavy (non-hydrogen) atoms. The first kappa shape index (κ1) is 14.6. The van der Waals surface area contributed by atoms with E-state index in [1.807, 2.05) is 24.3 Å². The number of ether oxygens (including phenoxy) is 2. The average Bonchev–Trinajstić information content (AvgIpc) is 2.29. The first-order valence-corrected chi connectivity index (χ1v) is 6.33. The normalized spacial score (nSPS) is 11.4. The summed E-state index contributed by atoms with van der Waals surface area (Å²) in [5, 5.41) is 0. The van der Waals surface area contributed by atoms with E-state index in [2.05, 4.69) is 13.8 Å². The van der Waals surface area contributed by atoms with E-state index in [-0.39, 0.29) is 5.97 Å². The number of carbonyl (C=O) groups is 1. The molecule has 0 amide bonds. The van der Waals surface area contributed by atoms with E-state index in [0.29, 0.717) is 18.3 Å². The van der Waals surface area contributed by atoms with Crippen molar-refractivity contribution in [1.29, 1.82) is 0 Å². The van der Waals surface area contributed by atoms with Crippen LogP contribution >= 0.6 is 0 Å². The molecule has 0 unspecified atom stereocenters. The lowest BCUT2D eigenvalue weighted by molar-refractivity contribution is -0.158. The van der Waals surface area contributed by atoms with E-state index >= 15 is 0 Å². The van der Waals surface area contributed by atoms with E-state index in [1.165, 1.54) is 5.56 Å². The molecule has 0 spiro atoms. The van der Waals surface area contributed by atoms with Crippen molar-refractivity contribution in [2.75, 3.05) is 6.61 Å². The Hall–Kier alpha value is -1.51. The van der Waals surface area contributed by atoms with Gasteiger partial charge in [-0.2, -0.15) is 0 Å². The summed E-state index contributed by atoms with van der Waals surface area (Å²) in [4.78, 5) is 11.7. The number of benzene rings is 1. The van der Waals surface area contributed by atoms with Gasteiger partial charge >= 0.3 is 5.97 Å². The fourth-order valence-corrected chi connectivity index (χ4v) is 1.56. The first-order chi connectivity index (χ1) is 8.36. The van der Waals surface area contributed by atoms with Gasteiger partial charge in [0.1, 0.15) is 5.75 Å². The molecule has 0 atom stereocenters. The summed E-state index contributed by atoms with van der Waals surface area (Å²) in [6, 6.07) is 7.80. The van der Waals surface area contributed by atoms with Gasteiger partial charge in [-0.1, -0.05) is 26.0 Å². The standard InChI is InChI=1S/C15H22O3/c1-6-17-14(16)15(4,5)18-13-9-7-12(8-10-13)11(2)3/h7-11H,6H2,1-5H3. The van der Waals surface area contributed by atoms with Gasteiger partial charge in [-0.15, -0.1) is 0 Å². The van der Waals surface area contributed by atoms with Gasteiger partial charge < -0.3 is 9.47 Å². The van der Waals surface area contributed by atoms with E-state index in [9.17, 15) is 4.79 Å². The first-order valence-electron chi connectivity index (χ1n) is 6.33. The van der Waals surface area contributed by atoms with Gasteiger partial charge in [-0.25, -0.2) is 4.79 Å². The average molecular weight is 250 g/mol. The maximum atomic E-state index is 11.7. The molecule has 0 bridgehead atoms. The third-order valence-corrected chi connectivity index (χ3v) is 2.69. The largest absolute Gasteiger partial charge is 0.476 e. The van der Waals surface area contributed by atoms with Gasteiger partial charge in [0.05, 0.1) is 6.61 Å². The molecule has 0 saturated carbocycles. The zero-order valence-electron chi connectivity index (χ0n) is 11.8. The van der Waals surface area contributed by atoms with Crippen molar-refractivity contribution in [3.8, 4) is 5.75 Å². The fourth-order valence-electron chi connectivity index (χ4n) is 1.56. The predicted molar refractivity (Wildman–Crippen MR) is 71.9 cm³/mol. The summed E-state index contributed by atoms with van der Waals surface area (Å²) in [7, 11) is 0. The smallest absolute Gasteiger partial charge is 0.349 e. The van der Waals surface area contributed by atoms with Crippen LogP contribution in [-0.2, 0) is 9.53 Å². The van der Waals surface area contributed by atoms with Crippen LogP contribution in [0.1, 0.15) is 46.1 Å². The van der Waals surface area contributed by atoms with Gasteiger partial charge in [0.25, 0.3) is 0 Å². The number of hydrogen-bond acceptors (Lipinski definition) is 3. The second-order valence-corrected chi connectivity index (χ2v) is 5.06. The molecule has 1 aromatic carbocycles. The molecule has 0 aliphatic rings. The molecule has 1 aromatic rings. The zero-order chi connectivity index (χ0) is 13.8. The van der Waals surface area contributed by atoms with Gasteiger partial charge in [0.15, 0.2) is 5.60 Å². The van der Waals surface area contributed by atoms with Crippen molar-refractivity contribution in [2.45, 2.75) is 46.1 Å². The molecule has 0 saturated heterocycles. The van der Waals surface area contributed by atoms with Crippen LogP contribution in [0.15, 0.2) is 24.3 Å². The Morgan fingerprint density at radius 2 is 1.78 bits per heavy atom. The molecule has 1 rings (SSSR count). The van der Waals surface area contributed by atoms with Crippen molar-refractivity contribution in [2.24, 2.45) is 0 Å². The quantitative estimate of drug-likeness (QED) is 0.750. The Bertz CT molecular complexity index is 391. The van der Waals surface area contributed by atoms with Crippen molar-refractivity contribution in [3.05, 3.63) is 29.8 Å². The summed E-state index contributed by atoms with van der Waals surface area (Å²) in [6.07, 6.45) is 0. The number of hydrogen-bond donors (Lipinski definition) is 0. The molecular formula is C15H22O3. The minimum atomic E-state index is -0.963. The molecule has 100 valence electrons. The van der Waals surface area contributed by atoms with Crippen molar-refractivity contribution in [1.82, 2.24) is 0 Å². The molecule has 0 aliphatic heterocycles. The summed E-state index contributed by atoms with van der Waals surface area (Å²) in [6.45, 7) is 9.84. The summed E-state index contributed by atoms with van der Waals surface area (Å²) >= 11 is 0. The Morgan fingerprint density at radius 3 is 2.22 bits per heavy atom. The van der Waals surface area contributed by atoms with Gasteiger partial charge in [0, 0.05) is 0 Å². The van der Waals surface area contributed by atoms with Crippen LogP contribution in [0, 0.1) is 0 Å². The highest BCUT2D eigenvalue weighted by Crippen LogP contribution is 2.22. The number of rotatable bonds is 5. The summed E-state index contributed by atoms with van der Waals surface area (Å²) in [5.41, 5.74) is 0.284. The molecule has 0 fully saturated rings. The monoisotopic (exact) mass is 250 g/mol. The van der Waals surface area contributed by atoms with Gasteiger partial charge in [-0.05, 0) is 44.4 Å². The lowest BCUT2D eigenvalue weighted by Crippen LogP contribution is -2.39. The lowest BCUT2D eigenvalue weighted by Gasteiger charge is -2.24. The molecule has 0 aromatic heterocycles. The van der Waals surface area contributed by atoms with E-state index in [1.54, 1.807) is 20.8 Å². The van der Waals surface area contributed by atoms with Crippen molar-refractivity contribution in [3.63, 3.8) is 0 Å². The zero-order valence-corrected chi connectivity index (χ0v) is 11.8. The highest BCUT2D eigenvalue weighted by atomic mass is 16.6. The second-order valence-electron chi connectivity index (χ2n) is 5.06. The van der Waals surface area contributed by atoms with Crippen LogP contribution in [0.25, 0.3) is 0 Å². The third-order valence-electron chi connectivity index (χ3n) is 2.69. The molecule has 3 heteroatoms. The Balaban J connectivity index is 2.75. The maximum absolute atomic E-state index is 11.7. The Labute approximate surface area is 109 Å². The summed E-state index contributed by atoms with van der Waals surface area (Å²) < 4.78 is 10.7. The molecule has 0 heterocycles. The number of carbonyl (C=O) groups excluding carboxylic acids is 1. The van der Waals surface area contributed by atoms with Crippen molar-refractivity contribution < 1.29 is 14.3 Å². The van der Waals surface area contributed by atoms with Crippen LogP contribution in [0.5, 0.6) is 5.75 Å². The topological polar surface area (TPSA) is 35.5 Å². The lowest BCUT2D eigenvalue weighted by atomic mass is 10.0. The highest BCUT2D eigenvalue weighted by molar-refractivity contribution is 5.79. The number of esters is 1. The predicted octanol–water partition coefficient (Wildman–Crippen LogP) is 3.53. The summed E-state index contributed by atoms with van der Waals surface area (Å²) in [5.74, 6) is 0.813. The maximum Gasteiger partial charge on any atom is 0.349 e. The van der Waals surface area contributed by atoms with E-state index < -0.39 is 5.60 Å². The SMILES string of the molecule is CCOC(=O)C(C)(C)Oc1ccc(C(C)C)cc1. The van der Waals surface area contributed by atoms with Crippen molar-refractivity contribution >= 4 is 5.97 Å². The van der Waals surface area contributed by atoms with Crippen LogP contribution < -0.4 is 4.74 Å². The molecule has 0 radical (unpaired) electrons. The fraction of sp³-hybridized carbons (Fsp3) is 0.533. The Morgan fingerprint density at radius 1 is 1.22 bits per heavy atom. The van der Waals surface area contributed by atoms with E-state index in [0.717, 1.165) is 0 Å². The Kier molecular flexibility index (Phi) is 4.76. The van der Waals surface area contributed by atoms with Gasteiger partial charge in [-0.3, -0.25) is 0 Å². The minimum Gasteiger partial charge on any atom is -0.476 e. The van der Waals surface area contributed by atoms with Gasteiger partial charge in [0.2, 0.25) is 0 Å². The third kappa shape index (κ3) is 3.76. The van der Waals surface area contributed by atoms with Crippen LogP contribution in [0.4, 0.5) is 0 Å². The second kappa shape index (κ2) is 5.89.